The van der Waals surface area contributed by atoms with Crippen molar-refractivity contribution in [1.82, 2.24) is 5.32 Å². The molecule has 1 unspecified atom stereocenters. The van der Waals surface area contributed by atoms with Gasteiger partial charge in [0.2, 0.25) is 0 Å². The Balaban J connectivity index is 1.95. The van der Waals surface area contributed by atoms with E-state index in [1.165, 1.54) is 5.56 Å². The highest BCUT2D eigenvalue weighted by Crippen LogP contribution is 2.21. The molecule has 0 aromatic heterocycles. The van der Waals surface area contributed by atoms with Crippen molar-refractivity contribution < 1.29 is 9.47 Å². The average molecular weight is 299 g/mol. The molecule has 0 saturated heterocycles. The number of hydrogen-bond donors (Lipinski definition) is 1. The normalized spacial score (nSPS) is 12.2. The minimum atomic E-state index is 0.201. The molecule has 0 heterocycles. The summed E-state index contributed by atoms with van der Waals surface area (Å²) in [4.78, 5) is 0. The number of para-hydroxylation sites is 1. The Morgan fingerprint density at radius 1 is 0.955 bits per heavy atom. The second-order valence-electron chi connectivity index (χ2n) is 5.65. The highest BCUT2D eigenvalue weighted by molar-refractivity contribution is 5.33. The van der Waals surface area contributed by atoms with Crippen LogP contribution in [0.1, 0.15) is 37.9 Å². The van der Waals surface area contributed by atoms with Crippen LogP contribution < -0.4 is 14.8 Å². The summed E-state index contributed by atoms with van der Waals surface area (Å²) in [6, 6.07) is 16.6. The van der Waals surface area contributed by atoms with Crippen molar-refractivity contribution in [2.45, 2.75) is 39.5 Å². The molecule has 0 radical (unpaired) electrons. The maximum Gasteiger partial charge on any atom is 0.123 e. The summed E-state index contributed by atoms with van der Waals surface area (Å²) in [5, 5.41) is 3.53. The molecule has 0 amide bonds. The van der Waals surface area contributed by atoms with Crippen LogP contribution in [-0.2, 0) is 6.54 Å². The molecule has 0 bridgehead atoms. The van der Waals surface area contributed by atoms with Gasteiger partial charge in [-0.15, -0.1) is 0 Å². The number of ether oxygens (including phenoxy) is 2. The molecule has 0 aliphatic rings. The van der Waals surface area contributed by atoms with Gasteiger partial charge in [-0.05, 0) is 44.5 Å². The average Bonchev–Trinajstić information content (AvgIpc) is 2.53. The smallest absolute Gasteiger partial charge is 0.123 e. The molecule has 22 heavy (non-hydrogen) atoms. The highest BCUT2D eigenvalue weighted by atomic mass is 16.5. The van der Waals surface area contributed by atoms with Crippen molar-refractivity contribution in [1.29, 1.82) is 0 Å². The molecule has 3 nitrogen and oxygen atoms in total. The van der Waals surface area contributed by atoms with Gasteiger partial charge in [0.1, 0.15) is 11.5 Å². The lowest BCUT2D eigenvalue weighted by molar-refractivity contribution is 0.242. The van der Waals surface area contributed by atoms with Crippen LogP contribution in [0.2, 0.25) is 0 Å². The van der Waals surface area contributed by atoms with E-state index in [-0.39, 0.29) is 12.1 Å². The van der Waals surface area contributed by atoms with Gasteiger partial charge in [-0.2, -0.15) is 0 Å². The van der Waals surface area contributed by atoms with Crippen LogP contribution in [0.4, 0.5) is 0 Å². The first-order chi connectivity index (χ1) is 10.6. The van der Waals surface area contributed by atoms with Gasteiger partial charge in [0, 0.05) is 18.2 Å². The second kappa shape index (κ2) is 7.85. The largest absolute Gasteiger partial charge is 0.496 e. The van der Waals surface area contributed by atoms with Crippen molar-refractivity contribution in [2.75, 3.05) is 7.11 Å². The first kappa shape index (κ1) is 16.4. The first-order valence-corrected chi connectivity index (χ1v) is 7.72. The molecule has 1 atom stereocenters. The maximum absolute atomic E-state index is 5.67. The summed E-state index contributed by atoms with van der Waals surface area (Å²) in [7, 11) is 1.70. The van der Waals surface area contributed by atoms with Gasteiger partial charge in [0.05, 0.1) is 13.2 Å². The van der Waals surface area contributed by atoms with Crippen molar-refractivity contribution >= 4 is 0 Å². The summed E-state index contributed by atoms with van der Waals surface area (Å²) in [5.41, 5.74) is 2.41. The molecule has 0 fully saturated rings. The third-order valence-electron chi connectivity index (χ3n) is 3.54. The molecule has 1 N–H and O–H groups in total. The standard InChI is InChI=1S/C19H25NO2/c1-14(2)22-18-11-9-16(10-12-18)15(3)20-13-17-7-5-6-8-19(17)21-4/h5-12,14-15,20H,13H2,1-4H3. The van der Waals surface area contributed by atoms with Gasteiger partial charge in [-0.1, -0.05) is 30.3 Å². The van der Waals surface area contributed by atoms with E-state index in [4.69, 9.17) is 9.47 Å². The molecular formula is C19H25NO2. The number of nitrogens with one attached hydrogen (secondary N) is 1. The molecule has 3 heteroatoms. The van der Waals surface area contributed by atoms with E-state index >= 15 is 0 Å². The minimum absolute atomic E-state index is 0.201. The van der Waals surface area contributed by atoms with Crippen LogP contribution in [0.25, 0.3) is 0 Å². The maximum atomic E-state index is 5.67. The first-order valence-electron chi connectivity index (χ1n) is 7.72. The third kappa shape index (κ3) is 4.50. The zero-order valence-corrected chi connectivity index (χ0v) is 13.8. The third-order valence-corrected chi connectivity index (χ3v) is 3.54. The van der Waals surface area contributed by atoms with Crippen LogP contribution in [0.15, 0.2) is 48.5 Å². The second-order valence-corrected chi connectivity index (χ2v) is 5.65. The fourth-order valence-electron chi connectivity index (χ4n) is 2.34. The van der Waals surface area contributed by atoms with Crippen molar-refractivity contribution in [2.24, 2.45) is 0 Å². The molecule has 118 valence electrons. The Kier molecular flexibility index (Phi) is 5.84. The summed E-state index contributed by atoms with van der Waals surface area (Å²) in [6.45, 7) is 7.00. The monoisotopic (exact) mass is 299 g/mol. The summed E-state index contributed by atoms with van der Waals surface area (Å²) in [6.07, 6.45) is 0.201. The molecule has 2 aromatic carbocycles. The summed E-state index contributed by atoms with van der Waals surface area (Å²) >= 11 is 0. The van der Waals surface area contributed by atoms with E-state index in [0.717, 1.165) is 23.6 Å². The van der Waals surface area contributed by atoms with Crippen LogP contribution in [0.5, 0.6) is 11.5 Å². The zero-order chi connectivity index (χ0) is 15.9. The fourth-order valence-corrected chi connectivity index (χ4v) is 2.34. The van der Waals surface area contributed by atoms with E-state index < -0.39 is 0 Å². The predicted octanol–water partition coefficient (Wildman–Crippen LogP) is 4.33. The van der Waals surface area contributed by atoms with Crippen LogP contribution >= 0.6 is 0 Å². The van der Waals surface area contributed by atoms with Crippen molar-refractivity contribution in [3.63, 3.8) is 0 Å². The summed E-state index contributed by atoms with van der Waals surface area (Å²) in [5.74, 6) is 1.83. The van der Waals surface area contributed by atoms with E-state index in [9.17, 15) is 0 Å². The lowest BCUT2D eigenvalue weighted by Crippen LogP contribution is -2.18. The van der Waals surface area contributed by atoms with Crippen LogP contribution in [0.3, 0.4) is 0 Å². The van der Waals surface area contributed by atoms with Gasteiger partial charge in [0.25, 0.3) is 0 Å². The number of methoxy groups -OCH3 is 1. The Morgan fingerprint density at radius 2 is 1.64 bits per heavy atom. The van der Waals surface area contributed by atoms with Crippen molar-refractivity contribution in [3.8, 4) is 11.5 Å². The molecule has 0 saturated carbocycles. The number of hydrogen-bond acceptors (Lipinski definition) is 3. The molecule has 0 aliphatic heterocycles. The topological polar surface area (TPSA) is 30.5 Å². The van der Waals surface area contributed by atoms with Crippen LogP contribution in [-0.4, -0.2) is 13.2 Å². The van der Waals surface area contributed by atoms with E-state index in [2.05, 4.69) is 30.4 Å². The van der Waals surface area contributed by atoms with Gasteiger partial charge in [-0.25, -0.2) is 0 Å². The molecule has 0 spiro atoms. The van der Waals surface area contributed by atoms with E-state index in [1.807, 2.05) is 44.2 Å². The lowest BCUT2D eigenvalue weighted by atomic mass is 10.1. The predicted molar refractivity (Wildman–Crippen MR) is 90.5 cm³/mol. The Morgan fingerprint density at radius 3 is 2.27 bits per heavy atom. The molecule has 2 aromatic rings. The molecule has 0 aliphatic carbocycles. The SMILES string of the molecule is COc1ccccc1CNC(C)c1ccc(OC(C)C)cc1. The minimum Gasteiger partial charge on any atom is -0.496 e. The van der Waals surface area contributed by atoms with Gasteiger partial charge in [0.15, 0.2) is 0 Å². The van der Waals surface area contributed by atoms with Crippen molar-refractivity contribution in [3.05, 3.63) is 59.7 Å². The zero-order valence-electron chi connectivity index (χ0n) is 13.8. The number of benzene rings is 2. The van der Waals surface area contributed by atoms with Crippen LogP contribution in [0, 0.1) is 0 Å². The fraction of sp³-hybridized carbons (Fsp3) is 0.368. The van der Waals surface area contributed by atoms with E-state index in [0.29, 0.717) is 0 Å². The number of rotatable bonds is 7. The van der Waals surface area contributed by atoms with Gasteiger partial charge in [-0.3, -0.25) is 0 Å². The Labute approximate surface area is 133 Å². The Bertz CT molecular complexity index is 578. The lowest BCUT2D eigenvalue weighted by Gasteiger charge is -2.17. The Hall–Kier alpha value is -2.00. The molecular weight excluding hydrogens is 274 g/mol. The summed E-state index contributed by atoms with van der Waals surface area (Å²) < 4.78 is 11.1. The quantitative estimate of drug-likeness (QED) is 0.825. The van der Waals surface area contributed by atoms with E-state index in [1.54, 1.807) is 7.11 Å². The highest BCUT2D eigenvalue weighted by Gasteiger charge is 2.07. The van der Waals surface area contributed by atoms with Gasteiger partial charge < -0.3 is 14.8 Å². The molecule has 2 rings (SSSR count). The van der Waals surface area contributed by atoms with Gasteiger partial charge >= 0.3 is 0 Å².